The molecule has 3 aromatic rings. The van der Waals surface area contributed by atoms with E-state index in [1.165, 1.54) is 23.9 Å². The van der Waals surface area contributed by atoms with E-state index in [9.17, 15) is 10.1 Å². The average Bonchev–Trinajstić information content (AvgIpc) is 3.09. The van der Waals surface area contributed by atoms with Crippen LogP contribution in [0.15, 0.2) is 58.8 Å². The summed E-state index contributed by atoms with van der Waals surface area (Å²) in [5, 5.41) is 25.0. The normalized spacial score (nSPS) is 13.0. The summed E-state index contributed by atoms with van der Waals surface area (Å²) in [5.41, 5.74) is 1.88. The van der Waals surface area contributed by atoms with Crippen molar-refractivity contribution in [2.45, 2.75) is 11.8 Å². The third-order valence-electron chi connectivity index (χ3n) is 3.83. The summed E-state index contributed by atoms with van der Waals surface area (Å²) < 4.78 is 7.32. The van der Waals surface area contributed by atoms with Crippen LogP contribution in [0.1, 0.15) is 11.4 Å². The summed E-state index contributed by atoms with van der Waals surface area (Å²) in [7, 11) is 0. The van der Waals surface area contributed by atoms with Crippen molar-refractivity contribution >= 4 is 34.8 Å². The zero-order valence-electron chi connectivity index (χ0n) is 13.8. The second-order valence-corrected chi connectivity index (χ2v) is 6.97. The summed E-state index contributed by atoms with van der Waals surface area (Å²) in [6, 6.07) is 13.4. The minimum absolute atomic E-state index is 0.0100. The lowest BCUT2D eigenvalue weighted by atomic mass is 10.1. The van der Waals surface area contributed by atoms with Crippen molar-refractivity contribution in [2.75, 3.05) is 5.75 Å². The van der Waals surface area contributed by atoms with E-state index >= 15 is 0 Å². The van der Waals surface area contributed by atoms with Gasteiger partial charge in [-0.15, -0.1) is 10.2 Å². The number of hydrogen-bond acceptors (Lipinski definition) is 7. The van der Waals surface area contributed by atoms with Gasteiger partial charge in [-0.25, -0.2) is 0 Å². The zero-order chi connectivity index (χ0) is 18.8. The van der Waals surface area contributed by atoms with Gasteiger partial charge in [0.05, 0.1) is 10.6 Å². The minimum Gasteiger partial charge on any atom is -0.486 e. The molecule has 0 amide bonds. The smallest absolute Gasteiger partial charge is 0.269 e. The number of thioether (sulfide) groups is 1. The van der Waals surface area contributed by atoms with E-state index in [4.69, 9.17) is 16.3 Å². The van der Waals surface area contributed by atoms with Crippen molar-refractivity contribution in [3.8, 4) is 5.75 Å². The van der Waals surface area contributed by atoms with E-state index in [1.54, 1.807) is 16.8 Å². The topological polar surface area (TPSA) is 95.4 Å². The zero-order valence-corrected chi connectivity index (χ0v) is 15.4. The first-order valence-corrected chi connectivity index (χ1v) is 9.24. The number of nitro groups is 1. The van der Waals surface area contributed by atoms with Crippen LogP contribution >= 0.6 is 23.4 Å². The predicted octanol–water partition coefficient (Wildman–Crippen LogP) is 3.78. The van der Waals surface area contributed by atoms with Gasteiger partial charge in [-0.2, -0.15) is 9.78 Å². The molecule has 0 spiro atoms. The number of hydrogen-bond donors (Lipinski definition) is 0. The molecule has 136 valence electrons. The van der Waals surface area contributed by atoms with Crippen molar-refractivity contribution in [1.82, 2.24) is 14.9 Å². The Morgan fingerprint density at radius 1 is 1.15 bits per heavy atom. The van der Waals surface area contributed by atoms with Crippen LogP contribution in [0.5, 0.6) is 5.75 Å². The van der Waals surface area contributed by atoms with E-state index in [-0.39, 0.29) is 12.3 Å². The van der Waals surface area contributed by atoms with Gasteiger partial charge >= 0.3 is 0 Å². The second-order valence-electron chi connectivity index (χ2n) is 5.59. The lowest BCUT2D eigenvalue weighted by Gasteiger charge is -2.14. The molecule has 1 aliphatic heterocycles. The van der Waals surface area contributed by atoms with Gasteiger partial charge in [0.2, 0.25) is 5.16 Å². The number of nitrogens with zero attached hydrogens (tertiary/aromatic N) is 5. The molecule has 0 N–H and O–H groups in total. The van der Waals surface area contributed by atoms with E-state index in [1.807, 2.05) is 24.3 Å². The quantitative estimate of drug-likeness (QED) is 0.477. The monoisotopic (exact) mass is 401 g/mol. The largest absolute Gasteiger partial charge is 0.486 e. The molecule has 0 bridgehead atoms. The summed E-state index contributed by atoms with van der Waals surface area (Å²) in [6.07, 6.45) is 0. The van der Waals surface area contributed by atoms with E-state index in [0.29, 0.717) is 27.5 Å². The highest BCUT2D eigenvalue weighted by Gasteiger charge is 2.20. The maximum Gasteiger partial charge on any atom is 0.269 e. The van der Waals surface area contributed by atoms with Gasteiger partial charge in [0.15, 0.2) is 5.82 Å². The van der Waals surface area contributed by atoms with E-state index in [0.717, 1.165) is 11.3 Å². The molecular formula is C17H12ClN5O3S. The van der Waals surface area contributed by atoms with Crippen LogP contribution in [0.4, 0.5) is 5.69 Å². The maximum atomic E-state index is 10.7. The Hall–Kier alpha value is -2.91. The molecule has 1 aromatic heterocycles. The Morgan fingerprint density at radius 3 is 2.59 bits per heavy atom. The van der Waals surface area contributed by atoms with Gasteiger partial charge in [0, 0.05) is 22.9 Å². The Bertz CT molecular complexity index is 1020. The molecule has 0 unspecified atom stereocenters. The molecule has 0 radical (unpaired) electrons. The van der Waals surface area contributed by atoms with Gasteiger partial charge in [-0.3, -0.25) is 10.1 Å². The number of aromatic nitrogens is 3. The highest BCUT2D eigenvalue weighted by atomic mass is 35.5. The third kappa shape index (κ3) is 3.79. The van der Waals surface area contributed by atoms with Crippen LogP contribution in [-0.4, -0.2) is 31.3 Å². The van der Waals surface area contributed by atoms with Crippen LogP contribution in [0.25, 0.3) is 0 Å². The molecule has 0 fully saturated rings. The fourth-order valence-corrected chi connectivity index (χ4v) is 3.44. The van der Waals surface area contributed by atoms with Gasteiger partial charge < -0.3 is 4.74 Å². The van der Waals surface area contributed by atoms with Gasteiger partial charge in [-0.1, -0.05) is 35.5 Å². The van der Waals surface area contributed by atoms with Crippen molar-refractivity contribution in [3.63, 3.8) is 0 Å². The first-order valence-electron chi connectivity index (χ1n) is 7.88. The Morgan fingerprint density at radius 2 is 1.89 bits per heavy atom. The molecule has 27 heavy (non-hydrogen) atoms. The number of non-ortho nitro benzene ring substituents is 1. The van der Waals surface area contributed by atoms with E-state index in [2.05, 4.69) is 15.3 Å². The molecule has 0 saturated carbocycles. The Balaban J connectivity index is 1.52. The van der Waals surface area contributed by atoms with Crippen molar-refractivity contribution in [2.24, 2.45) is 5.10 Å². The fraction of sp³-hybridized carbons (Fsp3) is 0.118. The number of ether oxygens (including phenoxy) is 1. The maximum absolute atomic E-state index is 10.7. The number of halogens is 1. The summed E-state index contributed by atoms with van der Waals surface area (Å²) in [4.78, 5) is 10.2. The molecule has 10 heteroatoms. The van der Waals surface area contributed by atoms with Crippen LogP contribution < -0.4 is 4.74 Å². The molecule has 0 atom stereocenters. The van der Waals surface area contributed by atoms with Crippen LogP contribution in [0.3, 0.4) is 0 Å². The number of rotatable bonds is 5. The Labute approximate surface area is 163 Å². The van der Waals surface area contributed by atoms with Crippen molar-refractivity contribution < 1.29 is 9.66 Å². The van der Waals surface area contributed by atoms with Crippen molar-refractivity contribution in [1.29, 1.82) is 0 Å². The first kappa shape index (κ1) is 17.5. The standard InChI is InChI=1S/C17H12ClN5O3S/c18-12-3-1-11(2-4-12)15-10-27-17-20-19-16(22(17)21-15)9-26-14-7-5-13(6-8-14)23(24)25/h1-8H,9-10H2. The molecular weight excluding hydrogens is 390 g/mol. The molecule has 0 aliphatic carbocycles. The number of fused-ring (bicyclic) bond motifs is 1. The molecule has 4 rings (SSSR count). The lowest BCUT2D eigenvalue weighted by molar-refractivity contribution is -0.384. The highest BCUT2D eigenvalue weighted by molar-refractivity contribution is 7.99. The van der Waals surface area contributed by atoms with Crippen molar-refractivity contribution in [3.05, 3.63) is 75.1 Å². The SMILES string of the molecule is O=[N+]([O-])c1ccc(OCc2nnc3n2N=C(c2ccc(Cl)cc2)CS3)cc1. The lowest BCUT2D eigenvalue weighted by Crippen LogP contribution is -2.15. The predicted molar refractivity (Wildman–Crippen MR) is 102 cm³/mol. The van der Waals surface area contributed by atoms with Crippen LogP contribution in [-0.2, 0) is 6.61 Å². The molecule has 0 saturated heterocycles. The molecule has 2 heterocycles. The summed E-state index contributed by atoms with van der Waals surface area (Å²) in [6.45, 7) is 0.142. The fourth-order valence-electron chi connectivity index (χ4n) is 2.45. The summed E-state index contributed by atoms with van der Waals surface area (Å²) >= 11 is 7.48. The average molecular weight is 402 g/mol. The first-order chi connectivity index (χ1) is 13.1. The molecule has 2 aromatic carbocycles. The highest BCUT2D eigenvalue weighted by Crippen LogP contribution is 2.25. The van der Waals surface area contributed by atoms with Crippen LogP contribution in [0.2, 0.25) is 5.02 Å². The minimum atomic E-state index is -0.455. The number of benzene rings is 2. The molecule has 8 nitrogen and oxygen atoms in total. The van der Waals surface area contributed by atoms with Crippen LogP contribution in [0, 0.1) is 10.1 Å². The van der Waals surface area contributed by atoms with Gasteiger partial charge in [0.1, 0.15) is 12.4 Å². The second kappa shape index (κ2) is 7.37. The Kier molecular flexibility index (Phi) is 4.78. The van der Waals surface area contributed by atoms with E-state index < -0.39 is 4.92 Å². The van der Waals surface area contributed by atoms with Gasteiger partial charge in [0.25, 0.3) is 5.69 Å². The van der Waals surface area contributed by atoms with Gasteiger partial charge in [-0.05, 0) is 29.8 Å². The third-order valence-corrected chi connectivity index (χ3v) is 5.01. The molecule has 1 aliphatic rings. The number of nitro benzene ring substituents is 1. The summed E-state index contributed by atoms with van der Waals surface area (Å²) in [5.74, 6) is 1.73.